The van der Waals surface area contributed by atoms with E-state index in [2.05, 4.69) is 25.8 Å². The van der Waals surface area contributed by atoms with Crippen LogP contribution >= 0.6 is 11.3 Å². The summed E-state index contributed by atoms with van der Waals surface area (Å²) >= 11 is 1.38. The van der Waals surface area contributed by atoms with E-state index in [9.17, 15) is 14.4 Å². The molecule has 2 aromatic heterocycles. The highest BCUT2D eigenvalue weighted by Crippen LogP contribution is 2.36. The van der Waals surface area contributed by atoms with Gasteiger partial charge in [0.1, 0.15) is 11.6 Å². The number of benzene rings is 1. The van der Waals surface area contributed by atoms with E-state index >= 15 is 0 Å². The lowest BCUT2D eigenvalue weighted by Crippen LogP contribution is -2.37. The molecule has 0 bridgehead atoms. The molecule has 1 saturated carbocycles. The van der Waals surface area contributed by atoms with E-state index < -0.39 is 11.8 Å². The molecule has 2 heterocycles. The summed E-state index contributed by atoms with van der Waals surface area (Å²) in [6, 6.07) is 6.93. The van der Waals surface area contributed by atoms with E-state index in [4.69, 9.17) is 0 Å². The van der Waals surface area contributed by atoms with Crippen molar-refractivity contribution in [2.45, 2.75) is 38.1 Å². The fourth-order valence-electron chi connectivity index (χ4n) is 3.39. The molecule has 3 aromatic rings. The van der Waals surface area contributed by atoms with Crippen molar-refractivity contribution in [3.8, 4) is 0 Å². The highest BCUT2D eigenvalue weighted by molar-refractivity contribution is 7.15. The largest absolute Gasteiger partial charge is 0.345 e. The maximum Gasteiger partial charge on any atom is 0.261 e. The molecule has 0 spiro atoms. The maximum absolute atomic E-state index is 12.4. The van der Waals surface area contributed by atoms with Gasteiger partial charge in [0, 0.05) is 5.92 Å². The van der Waals surface area contributed by atoms with Crippen molar-refractivity contribution in [2.24, 2.45) is 0 Å². The van der Waals surface area contributed by atoms with Gasteiger partial charge in [-0.25, -0.2) is 4.98 Å². The van der Waals surface area contributed by atoms with Gasteiger partial charge in [-0.3, -0.25) is 24.3 Å². The Hall–Kier alpha value is -3.14. The van der Waals surface area contributed by atoms with Crippen molar-refractivity contribution in [1.82, 2.24) is 25.1 Å². The highest BCUT2D eigenvalue weighted by Gasteiger charge is 2.21. The summed E-state index contributed by atoms with van der Waals surface area (Å²) < 4.78 is 1.22. The van der Waals surface area contributed by atoms with E-state index in [1.165, 1.54) is 35.1 Å². The summed E-state index contributed by atoms with van der Waals surface area (Å²) in [5, 5.41) is 15.1. The van der Waals surface area contributed by atoms with Crippen LogP contribution in [0.15, 0.2) is 35.4 Å². The molecule has 2 N–H and O–H groups in total. The monoisotopic (exact) mass is 412 g/mol. The Balaban J connectivity index is 1.30. The van der Waals surface area contributed by atoms with Crippen molar-refractivity contribution in [3.63, 3.8) is 0 Å². The van der Waals surface area contributed by atoms with Gasteiger partial charge in [-0.05, 0) is 25.0 Å². The second-order valence-corrected chi connectivity index (χ2v) is 7.96. The first-order chi connectivity index (χ1) is 14.1. The predicted molar refractivity (Wildman–Crippen MR) is 109 cm³/mol. The minimum absolute atomic E-state index is 0.214. The van der Waals surface area contributed by atoms with Crippen LogP contribution in [0.4, 0.5) is 5.13 Å². The first-order valence-corrected chi connectivity index (χ1v) is 10.3. The van der Waals surface area contributed by atoms with Gasteiger partial charge < -0.3 is 5.32 Å². The third-order valence-electron chi connectivity index (χ3n) is 4.88. The molecule has 1 aromatic carbocycles. The number of hydrogen-bond acceptors (Lipinski definition) is 7. The molecule has 4 rings (SSSR count). The molecule has 0 aliphatic heterocycles. The molecule has 1 fully saturated rings. The van der Waals surface area contributed by atoms with Gasteiger partial charge >= 0.3 is 0 Å². The van der Waals surface area contributed by atoms with E-state index in [-0.39, 0.29) is 18.6 Å². The average molecular weight is 412 g/mol. The van der Waals surface area contributed by atoms with Crippen LogP contribution in [0.3, 0.4) is 0 Å². The standard InChI is InChI=1S/C19H20N6O3S/c26-15(22-19-24-23-17(29-19)12-5-1-2-6-12)9-20-16(27)10-25-11-21-14-8-4-3-7-13(14)18(25)28/h3-4,7-8,11-12H,1-2,5-6,9-10H2,(H,20,27)(H,22,24,26). The number of amides is 2. The second kappa shape index (κ2) is 8.48. The van der Waals surface area contributed by atoms with E-state index in [0.29, 0.717) is 22.0 Å². The number of nitrogens with one attached hydrogen (secondary N) is 2. The fourth-order valence-corrected chi connectivity index (χ4v) is 4.32. The normalized spacial score (nSPS) is 14.2. The molecule has 0 unspecified atom stereocenters. The van der Waals surface area contributed by atoms with Crippen LogP contribution in [-0.2, 0) is 16.1 Å². The number of aromatic nitrogens is 4. The van der Waals surface area contributed by atoms with Gasteiger partial charge in [0.25, 0.3) is 5.56 Å². The molecule has 0 atom stereocenters. The number of hydrogen-bond donors (Lipinski definition) is 2. The van der Waals surface area contributed by atoms with Gasteiger partial charge in [-0.2, -0.15) is 0 Å². The number of carbonyl (C=O) groups excluding carboxylic acids is 2. The van der Waals surface area contributed by atoms with Crippen molar-refractivity contribution in [3.05, 3.63) is 46.0 Å². The Labute approximate surface area is 170 Å². The zero-order valence-corrected chi connectivity index (χ0v) is 16.4. The summed E-state index contributed by atoms with van der Waals surface area (Å²) in [6.45, 7) is -0.429. The molecule has 0 radical (unpaired) electrons. The zero-order valence-electron chi connectivity index (χ0n) is 15.6. The van der Waals surface area contributed by atoms with Crippen LogP contribution in [0.5, 0.6) is 0 Å². The second-order valence-electron chi connectivity index (χ2n) is 6.95. The van der Waals surface area contributed by atoms with E-state index in [0.717, 1.165) is 17.8 Å². The lowest BCUT2D eigenvalue weighted by atomic mass is 10.1. The number of fused-ring (bicyclic) bond motifs is 1. The smallest absolute Gasteiger partial charge is 0.261 e. The van der Waals surface area contributed by atoms with Crippen LogP contribution in [0.25, 0.3) is 10.9 Å². The van der Waals surface area contributed by atoms with Crippen molar-refractivity contribution in [2.75, 3.05) is 11.9 Å². The Bertz CT molecular complexity index is 1100. The van der Waals surface area contributed by atoms with Crippen LogP contribution in [0, 0.1) is 0 Å². The minimum Gasteiger partial charge on any atom is -0.345 e. The Morgan fingerprint density at radius 3 is 2.76 bits per heavy atom. The third kappa shape index (κ3) is 4.48. The molecule has 0 saturated heterocycles. The molecular formula is C19H20N6O3S. The molecular weight excluding hydrogens is 392 g/mol. The van der Waals surface area contributed by atoms with E-state index in [1.54, 1.807) is 24.3 Å². The minimum atomic E-state index is -0.455. The third-order valence-corrected chi connectivity index (χ3v) is 5.88. The number of para-hydroxylation sites is 1. The van der Waals surface area contributed by atoms with Crippen molar-refractivity contribution in [1.29, 1.82) is 0 Å². The fraction of sp³-hybridized carbons (Fsp3) is 0.368. The molecule has 2 amide bonds. The Morgan fingerprint density at radius 1 is 1.14 bits per heavy atom. The first-order valence-electron chi connectivity index (χ1n) is 9.44. The van der Waals surface area contributed by atoms with Gasteiger partial charge in [-0.15, -0.1) is 10.2 Å². The summed E-state index contributed by atoms with van der Waals surface area (Å²) in [6.07, 6.45) is 5.96. The number of carbonyl (C=O) groups is 2. The zero-order chi connectivity index (χ0) is 20.2. The van der Waals surface area contributed by atoms with Gasteiger partial charge in [0.2, 0.25) is 16.9 Å². The molecule has 150 valence electrons. The summed E-state index contributed by atoms with van der Waals surface area (Å²) in [5.41, 5.74) is 0.270. The summed E-state index contributed by atoms with van der Waals surface area (Å²) in [7, 11) is 0. The Morgan fingerprint density at radius 2 is 1.93 bits per heavy atom. The van der Waals surface area contributed by atoms with Crippen LogP contribution in [-0.4, -0.2) is 38.1 Å². The summed E-state index contributed by atoms with van der Waals surface area (Å²) in [5.74, 6) is -0.411. The number of anilines is 1. The van der Waals surface area contributed by atoms with Crippen LogP contribution in [0.1, 0.15) is 36.6 Å². The maximum atomic E-state index is 12.4. The molecule has 29 heavy (non-hydrogen) atoms. The van der Waals surface area contributed by atoms with E-state index in [1.807, 2.05) is 0 Å². The van der Waals surface area contributed by atoms with Crippen LogP contribution in [0.2, 0.25) is 0 Å². The first kappa shape index (κ1) is 19.2. The van der Waals surface area contributed by atoms with Crippen molar-refractivity contribution >= 4 is 39.2 Å². The number of rotatable bonds is 6. The average Bonchev–Trinajstić information content (AvgIpc) is 3.41. The quantitative estimate of drug-likeness (QED) is 0.636. The Kier molecular flexibility index (Phi) is 5.61. The van der Waals surface area contributed by atoms with Gasteiger partial charge in [-0.1, -0.05) is 36.3 Å². The molecule has 10 heteroatoms. The molecule has 1 aliphatic carbocycles. The van der Waals surface area contributed by atoms with Gasteiger partial charge in [0.15, 0.2) is 0 Å². The van der Waals surface area contributed by atoms with Gasteiger partial charge in [0.05, 0.1) is 23.8 Å². The SMILES string of the molecule is O=C(Cn1cnc2ccccc2c1=O)NCC(=O)Nc1nnc(C2CCCC2)s1. The van der Waals surface area contributed by atoms with Crippen LogP contribution < -0.4 is 16.2 Å². The predicted octanol–water partition coefficient (Wildman–Crippen LogP) is 1.66. The summed E-state index contributed by atoms with van der Waals surface area (Å²) in [4.78, 5) is 40.8. The molecule has 1 aliphatic rings. The lowest BCUT2D eigenvalue weighted by Gasteiger charge is -2.07. The number of nitrogens with zero attached hydrogens (tertiary/aromatic N) is 4. The topological polar surface area (TPSA) is 119 Å². The lowest BCUT2D eigenvalue weighted by molar-refractivity contribution is -0.124. The van der Waals surface area contributed by atoms with Crippen molar-refractivity contribution < 1.29 is 9.59 Å². The molecule has 9 nitrogen and oxygen atoms in total. The highest BCUT2D eigenvalue weighted by atomic mass is 32.1.